The van der Waals surface area contributed by atoms with Gasteiger partial charge in [-0.15, -0.1) is 0 Å². The molecule has 10 nitrogen and oxygen atoms in total. The molecule has 52 heavy (non-hydrogen) atoms. The van der Waals surface area contributed by atoms with Crippen LogP contribution in [0.4, 0.5) is 0 Å². The van der Waals surface area contributed by atoms with Crippen LogP contribution < -0.4 is 10.6 Å². The first-order chi connectivity index (χ1) is 25.6. The third-order valence-electron chi connectivity index (χ3n) is 9.09. The van der Waals surface area contributed by atoms with Crippen molar-refractivity contribution in [1.82, 2.24) is 20.4 Å². The second-order valence-electron chi connectivity index (χ2n) is 13.4. The van der Waals surface area contributed by atoms with Gasteiger partial charge in [0.05, 0.1) is 0 Å². The third-order valence-corrected chi connectivity index (χ3v) is 9.09. The highest BCUT2D eigenvalue weighted by Gasteiger charge is 2.10. The van der Waals surface area contributed by atoms with Crippen LogP contribution >= 0.6 is 0 Å². The highest BCUT2D eigenvalue weighted by atomic mass is 16.2. The molecule has 0 saturated heterocycles. The van der Waals surface area contributed by atoms with Gasteiger partial charge in [-0.1, -0.05) is 42.5 Å². The molecule has 2 atom stereocenters. The number of benzene rings is 3. The highest BCUT2D eigenvalue weighted by Crippen LogP contribution is 2.08. The van der Waals surface area contributed by atoms with E-state index in [4.69, 9.17) is 20.0 Å². The van der Waals surface area contributed by atoms with E-state index in [2.05, 4.69) is 44.7 Å². The average Bonchev–Trinajstić information content (AvgIpc) is 3.16. The molecular formula is C42H54N8O2. The fourth-order valence-electron chi connectivity index (χ4n) is 6.35. The molecular weight excluding hydrogens is 649 g/mol. The number of hydrogen-bond acceptors (Lipinski definition) is 8. The molecule has 0 aromatic heterocycles. The Morgan fingerprint density at radius 3 is 1.13 bits per heavy atom. The molecule has 3 aromatic carbocycles. The van der Waals surface area contributed by atoms with Gasteiger partial charge in [0.2, 0.25) is 0 Å². The van der Waals surface area contributed by atoms with Crippen LogP contribution in [-0.2, 0) is 0 Å². The molecule has 0 aliphatic carbocycles. The smallest absolute Gasteiger partial charge is 0.251 e. The van der Waals surface area contributed by atoms with Gasteiger partial charge in [0, 0.05) is 75.3 Å². The van der Waals surface area contributed by atoms with Crippen LogP contribution in [0.2, 0.25) is 0 Å². The number of nitrogens with zero attached hydrogens (tertiary/aromatic N) is 6. The van der Waals surface area contributed by atoms with Crippen LogP contribution in [0.3, 0.4) is 0 Å². The summed E-state index contributed by atoms with van der Waals surface area (Å²) < 4.78 is 0. The summed E-state index contributed by atoms with van der Waals surface area (Å²) in [5, 5.41) is 6.23. The van der Waals surface area contributed by atoms with Crippen molar-refractivity contribution < 1.29 is 9.59 Å². The summed E-state index contributed by atoms with van der Waals surface area (Å²) in [6.45, 7) is 9.44. The molecule has 10 heteroatoms. The van der Waals surface area contributed by atoms with Crippen molar-refractivity contribution in [3.63, 3.8) is 0 Å². The topological polar surface area (TPSA) is 114 Å². The lowest BCUT2D eigenvalue weighted by Crippen LogP contribution is -2.32. The number of hydrogen-bond donors (Lipinski definition) is 2. The van der Waals surface area contributed by atoms with E-state index in [1.54, 1.807) is 0 Å². The predicted octanol–water partition coefficient (Wildman–Crippen LogP) is 5.19. The Morgan fingerprint density at radius 1 is 0.423 bits per heavy atom. The largest absolute Gasteiger partial charge is 0.352 e. The third kappa shape index (κ3) is 14.1. The van der Waals surface area contributed by atoms with Gasteiger partial charge in [-0.05, 0) is 130 Å². The Balaban J connectivity index is 1.34. The Hall–Kier alpha value is -4.80. The molecule has 2 N–H and O–H groups in total. The first kappa shape index (κ1) is 38.4. The molecule has 8 bridgehead atoms. The standard InChI is InChI=1S/C42H54N8O2/c51-41-39-14-2-12-37(29-39)33-45-18-6-24-49-22-4-16-43-31-35-10-1-11-36(28-35)32-44-17-5-23-50(26-8-20-47-41)25-7-19-46-34-38-13-3-15-40(30-38)42(52)48-21-9-27-49/h1-3,10-15,28-34H,4-9,16-27H2,(H,47,51)(H,48,52). The van der Waals surface area contributed by atoms with Crippen LogP contribution in [0.1, 0.15) is 81.5 Å². The van der Waals surface area contributed by atoms with Gasteiger partial charge in [0.15, 0.2) is 0 Å². The Kier molecular flexibility index (Phi) is 16.4. The number of carbonyl (C=O) groups excluding carboxylic acids is 2. The van der Waals surface area contributed by atoms with Crippen molar-refractivity contribution in [3.05, 3.63) is 106 Å². The molecule has 0 spiro atoms. The van der Waals surface area contributed by atoms with Crippen molar-refractivity contribution in [1.29, 1.82) is 0 Å². The normalized spacial score (nSPS) is 20.9. The molecule has 3 aliphatic heterocycles. The van der Waals surface area contributed by atoms with Crippen molar-refractivity contribution in [2.24, 2.45) is 20.0 Å². The second-order valence-corrected chi connectivity index (χ2v) is 13.4. The summed E-state index contributed by atoms with van der Waals surface area (Å²) in [5.74, 6) is -0.118. The van der Waals surface area contributed by atoms with Crippen molar-refractivity contribution >= 4 is 36.7 Å². The SMILES string of the molecule is O=C1NCCCN2CCCN=Cc3cccc(c3)C=NCCCN(CCCN=Cc3cccc1c3)CCCNC(=O)c1cccc(c1)C=NCCC2. The summed E-state index contributed by atoms with van der Waals surface area (Å²) in [5.41, 5.74) is 5.30. The van der Waals surface area contributed by atoms with Crippen LogP contribution in [0.5, 0.6) is 0 Å². The van der Waals surface area contributed by atoms with Gasteiger partial charge < -0.3 is 20.4 Å². The van der Waals surface area contributed by atoms with Gasteiger partial charge in [0.1, 0.15) is 0 Å². The summed E-state index contributed by atoms with van der Waals surface area (Å²) in [4.78, 5) is 49.8. The van der Waals surface area contributed by atoms with E-state index in [-0.39, 0.29) is 11.8 Å². The number of fused-ring (bicyclic) bond motifs is 20. The predicted molar refractivity (Wildman–Crippen MR) is 214 cm³/mol. The van der Waals surface area contributed by atoms with E-state index in [0.717, 1.165) is 113 Å². The number of aliphatic imine (C=N–C) groups is 4. The van der Waals surface area contributed by atoms with Gasteiger partial charge in [-0.2, -0.15) is 0 Å². The van der Waals surface area contributed by atoms with E-state index >= 15 is 0 Å². The molecule has 2 amide bonds. The molecule has 0 fully saturated rings. The van der Waals surface area contributed by atoms with E-state index < -0.39 is 0 Å². The lowest BCUT2D eigenvalue weighted by atomic mass is 10.1. The highest BCUT2D eigenvalue weighted by molar-refractivity contribution is 5.96. The zero-order valence-corrected chi connectivity index (χ0v) is 30.5. The minimum absolute atomic E-state index is 0.0592. The Bertz CT molecular complexity index is 1560. The lowest BCUT2D eigenvalue weighted by Gasteiger charge is -2.22. The number of amides is 2. The van der Waals surface area contributed by atoms with Gasteiger partial charge >= 0.3 is 0 Å². The van der Waals surface area contributed by atoms with E-state index in [1.165, 1.54) is 0 Å². The van der Waals surface area contributed by atoms with Gasteiger partial charge in [0.25, 0.3) is 11.8 Å². The second kappa shape index (κ2) is 22.2. The fourth-order valence-corrected chi connectivity index (χ4v) is 6.35. The molecule has 0 saturated carbocycles. The summed E-state index contributed by atoms with van der Waals surface area (Å²) in [6.07, 6.45) is 13.0. The molecule has 0 radical (unpaired) electrons. The molecule has 6 rings (SSSR count). The summed E-state index contributed by atoms with van der Waals surface area (Å²) in [7, 11) is 0. The Labute approximate surface area is 309 Å². The maximum Gasteiger partial charge on any atom is 0.251 e. The number of nitrogens with one attached hydrogen (secondary N) is 2. The number of carbonyl (C=O) groups is 2. The van der Waals surface area contributed by atoms with Crippen LogP contribution in [0, 0.1) is 0 Å². The summed E-state index contributed by atoms with van der Waals surface area (Å²) in [6, 6.07) is 23.7. The van der Waals surface area contributed by atoms with Gasteiger partial charge in [-0.3, -0.25) is 29.6 Å². The van der Waals surface area contributed by atoms with Crippen molar-refractivity contribution in [2.75, 3.05) is 78.5 Å². The lowest BCUT2D eigenvalue weighted by molar-refractivity contribution is 0.0943. The minimum Gasteiger partial charge on any atom is -0.352 e. The molecule has 2 unspecified atom stereocenters. The van der Waals surface area contributed by atoms with E-state index in [1.807, 2.05) is 73.4 Å². The Morgan fingerprint density at radius 2 is 0.750 bits per heavy atom. The maximum absolute atomic E-state index is 13.0. The first-order valence-corrected chi connectivity index (χ1v) is 18.9. The molecule has 3 aliphatic rings. The zero-order chi connectivity index (χ0) is 36.1. The van der Waals surface area contributed by atoms with Crippen LogP contribution in [0.25, 0.3) is 0 Å². The first-order valence-electron chi connectivity index (χ1n) is 18.9. The minimum atomic E-state index is -0.0592. The van der Waals surface area contributed by atoms with Gasteiger partial charge in [-0.25, -0.2) is 0 Å². The molecule has 3 heterocycles. The summed E-state index contributed by atoms with van der Waals surface area (Å²) >= 11 is 0. The fraction of sp³-hybridized carbons (Fsp3) is 0.429. The average molecular weight is 703 g/mol. The van der Waals surface area contributed by atoms with Crippen molar-refractivity contribution in [3.8, 4) is 0 Å². The molecule has 3 aromatic rings. The maximum atomic E-state index is 13.0. The molecule has 274 valence electrons. The van der Waals surface area contributed by atoms with Crippen LogP contribution in [0.15, 0.2) is 92.8 Å². The zero-order valence-electron chi connectivity index (χ0n) is 30.5. The monoisotopic (exact) mass is 702 g/mol. The van der Waals surface area contributed by atoms with E-state index in [0.29, 0.717) is 37.3 Å². The number of rotatable bonds is 0. The van der Waals surface area contributed by atoms with Crippen LogP contribution in [-0.4, -0.2) is 125 Å². The van der Waals surface area contributed by atoms with Crippen molar-refractivity contribution in [2.45, 2.75) is 38.5 Å². The quantitative estimate of drug-likeness (QED) is 0.336. The van der Waals surface area contributed by atoms with E-state index in [9.17, 15) is 9.59 Å².